The summed E-state index contributed by atoms with van der Waals surface area (Å²) in [6, 6.07) is 17.3. The van der Waals surface area contributed by atoms with E-state index in [-0.39, 0.29) is 6.09 Å². The average molecular weight is 530 g/mol. The van der Waals surface area contributed by atoms with Crippen LogP contribution in [0.4, 0.5) is 16.3 Å². The normalized spacial score (nSPS) is 11.5. The van der Waals surface area contributed by atoms with Gasteiger partial charge in [-0.2, -0.15) is 14.4 Å². The number of carbonyl (C=O) groups is 1. The van der Waals surface area contributed by atoms with Crippen LogP contribution in [0.25, 0.3) is 16.9 Å². The molecule has 0 aliphatic carbocycles. The maximum atomic E-state index is 12.0. The number of hydrogen-bond acceptors (Lipinski definition) is 5. The third-order valence-corrected chi connectivity index (χ3v) is 5.61. The summed E-state index contributed by atoms with van der Waals surface area (Å²) in [6.07, 6.45) is 1.36. The molecule has 0 aliphatic rings. The van der Waals surface area contributed by atoms with Crippen LogP contribution in [-0.2, 0) is 11.3 Å². The predicted octanol–water partition coefficient (Wildman–Crippen LogP) is 5.55. The van der Waals surface area contributed by atoms with Gasteiger partial charge in [0.2, 0.25) is 0 Å². The van der Waals surface area contributed by atoms with Crippen molar-refractivity contribution in [1.82, 2.24) is 14.6 Å². The van der Waals surface area contributed by atoms with Crippen LogP contribution in [0.2, 0.25) is 5.02 Å². The number of quaternary nitrogens is 1. The summed E-state index contributed by atoms with van der Waals surface area (Å²) in [4.78, 5) is 16.7. The van der Waals surface area contributed by atoms with Crippen LogP contribution in [0.15, 0.2) is 65.3 Å². The van der Waals surface area contributed by atoms with E-state index in [4.69, 9.17) is 21.3 Å². The smallest absolute Gasteiger partial charge is 0.414 e. The van der Waals surface area contributed by atoms with Crippen LogP contribution < -0.4 is 10.6 Å². The van der Waals surface area contributed by atoms with Crippen molar-refractivity contribution in [3.63, 3.8) is 0 Å². The summed E-state index contributed by atoms with van der Waals surface area (Å²) in [5.74, 6) is 0.782. The molecule has 4 aromatic rings. The highest BCUT2D eigenvalue weighted by atomic mass is 79.9. The molecule has 0 atom stereocenters. The van der Waals surface area contributed by atoms with Gasteiger partial charge in [0, 0.05) is 23.2 Å². The van der Waals surface area contributed by atoms with Gasteiger partial charge in [0.25, 0.3) is 0 Å². The molecule has 170 valence electrons. The number of hydrogen-bond donors (Lipinski definition) is 2. The third kappa shape index (κ3) is 5.71. The summed E-state index contributed by atoms with van der Waals surface area (Å²) >= 11 is 9.92. The summed E-state index contributed by atoms with van der Waals surface area (Å²) in [5.41, 5.74) is 3.61. The van der Waals surface area contributed by atoms with Crippen molar-refractivity contribution < 1.29 is 14.8 Å². The molecule has 0 saturated heterocycles. The molecule has 4 rings (SSSR count). The van der Waals surface area contributed by atoms with Gasteiger partial charge in [0.1, 0.15) is 17.1 Å². The van der Waals surface area contributed by atoms with Gasteiger partial charge in [-0.15, -0.1) is 0 Å². The van der Waals surface area contributed by atoms with E-state index in [2.05, 4.69) is 26.3 Å². The summed E-state index contributed by atoms with van der Waals surface area (Å²) < 4.78 is 7.88. The van der Waals surface area contributed by atoms with E-state index in [1.165, 1.54) is 5.32 Å². The highest BCUT2D eigenvalue weighted by Crippen LogP contribution is 2.30. The van der Waals surface area contributed by atoms with E-state index in [0.29, 0.717) is 17.2 Å². The molecule has 0 spiro atoms. The van der Waals surface area contributed by atoms with Crippen molar-refractivity contribution in [1.29, 1.82) is 0 Å². The van der Waals surface area contributed by atoms with Crippen LogP contribution in [0.3, 0.4) is 0 Å². The third-order valence-electron chi connectivity index (χ3n) is 4.72. The van der Waals surface area contributed by atoms with Gasteiger partial charge in [-0.1, -0.05) is 41.9 Å². The van der Waals surface area contributed by atoms with E-state index < -0.39 is 5.60 Å². The highest BCUT2D eigenvalue weighted by molar-refractivity contribution is 9.10. The zero-order valence-electron chi connectivity index (χ0n) is 18.5. The van der Waals surface area contributed by atoms with Gasteiger partial charge in [-0.3, -0.25) is 0 Å². The molecule has 0 aliphatic heterocycles. The number of nitrogens with two attached hydrogens (primary N) is 1. The lowest BCUT2D eigenvalue weighted by Gasteiger charge is -2.16. The Bertz CT molecular complexity index is 1300. The summed E-state index contributed by atoms with van der Waals surface area (Å²) in [5, 5.41) is 9.98. The fraction of sp³-hybridized carbons (Fsp3) is 0.208. The Morgan fingerprint density at radius 3 is 2.61 bits per heavy atom. The monoisotopic (exact) mass is 528 g/mol. The highest BCUT2D eigenvalue weighted by Gasteiger charge is 2.20. The first-order valence-corrected chi connectivity index (χ1v) is 11.6. The standard InChI is InChI=1S/C24H23BrClN5O2/c1-24(2,3)33-23(32)29-16-10-8-15(9-11-16)13-27-21-12-20(17-6-4-5-7-19(17)26)30-22-18(25)14-28-31(21)22/h4-12,14,27H,13H2,1-3H3,(H,29,32)/p+1. The van der Waals surface area contributed by atoms with Crippen LogP contribution >= 0.6 is 27.5 Å². The lowest BCUT2D eigenvalue weighted by Crippen LogP contribution is -2.83. The Balaban J connectivity index is 1.52. The minimum atomic E-state index is -0.516. The number of aromatic nitrogens is 3. The van der Waals surface area contributed by atoms with E-state index >= 15 is 0 Å². The molecule has 2 aromatic heterocycles. The van der Waals surface area contributed by atoms with Crippen LogP contribution in [-0.4, -0.2) is 26.3 Å². The first-order chi connectivity index (χ1) is 15.7. The van der Waals surface area contributed by atoms with Crippen molar-refractivity contribution in [2.24, 2.45) is 0 Å². The van der Waals surface area contributed by atoms with E-state index in [1.54, 1.807) is 10.7 Å². The van der Waals surface area contributed by atoms with Crippen LogP contribution in [0, 0.1) is 0 Å². The fourth-order valence-electron chi connectivity index (χ4n) is 3.26. The molecule has 2 aromatic carbocycles. The SMILES string of the molecule is CC(C)(C)OC(=O)[NH2+]c1ccc(CNc2cc(-c3ccccc3Cl)nc3c(Br)cnn23)cc1. The van der Waals surface area contributed by atoms with E-state index in [0.717, 1.165) is 32.8 Å². The Morgan fingerprint density at radius 1 is 1.18 bits per heavy atom. The van der Waals surface area contributed by atoms with Gasteiger partial charge in [-0.05, 0) is 60.5 Å². The van der Waals surface area contributed by atoms with E-state index in [9.17, 15) is 4.79 Å². The number of carbonyl (C=O) groups excluding carboxylic acids is 1. The van der Waals surface area contributed by atoms with Gasteiger partial charge >= 0.3 is 6.09 Å². The Labute approximate surface area is 205 Å². The number of nitrogens with one attached hydrogen (secondary N) is 1. The summed E-state index contributed by atoms with van der Waals surface area (Å²) in [7, 11) is 0. The maximum absolute atomic E-state index is 12.0. The molecule has 9 heteroatoms. The second kappa shape index (κ2) is 9.51. The molecular formula is C24H24BrClN5O2+. The van der Waals surface area contributed by atoms with Crippen molar-refractivity contribution in [3.8, 4) is 11.3 Å². The Hall–Kier alpha value is -2.94. The fourth-order valence-corrected chi connectivity index (χ4v) is 3.84. The predicted molar refractivity (Wildman–Crippen MR) is 133 cm³/mol. The molecule has 7 nitrogen and oxygen atoms in total. The Kier molecular flexibility index (Phi) is 6.69. The number of rotatable bonds is 5. The van der Waals surface area contributed by atoms with Crippen molar-refractivity contribution in [3.05, 3.63) is 75.9 Å². The van der Waals surface area contributed by atoms with E-state index in [1.807, 2.05) is 75.4 Å². The number of ether oxygens (including phenoxy) is 1. The number of halogens is 2. The molecule has 0 saturated carbocycles. The first-order valence-electron chi connectivity index (χ1n) is 10.4. The van der Waals surface area contributed by atoms with Gasteiger partial charge in [0.15, 0.2) is 5.65 Å². The zero-order chi connectivity index (χ0) is 23.6. The molecule has 1 amide bonds. The number of nitrogens with zero attached hydrogens (tertiary/aromatic N) is 3. The Morgan fingerprint density at radius 2 is 1.91 bits per heavy atom. The number of primary amides is 1. The van der Waals surface area contributed by atoms with Crippen LogP contribution in [0.1, 0.15) is 26.3 Å². The summed E-state index contributed by atoms with van der Waals surface area (Å²) in [6.45, 7) is 6.10. The quantitative estimate of drug-likeness (QED) is 0.331. The van der Waals surface area contributed by atoms with Gasteiger partial charge in [-0.25, -0.2) is 10.3 Å². The minimum Gasteiger partial charge on any atom is -0.414 e. The molecular weight excluding hydrogens is 506 g/mol. The lowest BCUT2D eigenvalue weighted by molar-refractivity contribution is -0.486. The number of benzene rings is 2. The number of fused-ring (bicyclic) bond motifs is 1. The second-order valence-electron chi connectivity index (χ2n) is 8.51. The first kappa shape index (κ1) is 23.2. The molecule has 0 unspecified atom stereocenters. The lowest BCUT2D eigenvalue weighted by atomic mass is 10.1. The van der Waals surface area contributed by atoms with Crippen molar-refractivity contribution in [2.45, 2.75) is 32.9 Å². The van der Waals surface area contributed by atoms with Crippen LogP contribution in [0.5, 0.6) is 0 Å². The molecule has 3 N–H and O–H groups in total. The van der Waals surface area contributed by atoms with Gasteiger partial charge < -0.3 is 10.1 Å². The largest absolute Gasteiger partial charge is 0.518 e. The number of anilines is 1. The molecule has 2 heterocycles. The zero-order valence-corrected chi connectivity index (χ0v) is 20.8. The molecule has 0 radical (unpaired) electrons. The minimum absolute atomic E-state index is 0.357. The molecule has 0 bridgehead atoms. The van der Waals surface area contributed by atoms with Crippen molar-refractivity contribution >= 4 is 50.8 Å². The van der Waals surface area contributed by atoms with Gasteiger partial charge in [0.05, 0.1) is 16.4 Å². The topological polar surface area (TPSA) is 85.1 Å². The maximum Gasteiger partial charge on any atom is 0.518 e. The molecule has 0 fully saturated rings. The average Bonchev–Trinajstić information content (AvgIpc) is 3.13. The second-order valence-corrected chi connectivity index (χ2v) is 9.77. The number of amides is 1. The van der Waals surface area contributed by atoms with Crippen molar-refractivity contribution in [2.75, 3.05) is 5.32 Å². The molecule has 33 heavy (non-hydrogen) atoms.